The zero-order valence-electron chi connectivity index (χ0n) is 17.5. The van der Waals surface area contributed by atoms with E-state index in [2.05, 4.69) is 15.6 Å². The summed E-state index contributed by atoms with van der Waals surface area (Å²) in [5.41, 5.74) is 3.06. The van der Waals surface area contributed by atoms with Gasteiger partial charge in [-0.25, -0.2) is 4.99 Å². The van der Waals surface area contributed by atoms with Crippen LogP contribution in [-0.4, -0.2) is 24.3 Å². The van der Waals surface area contributed by atoms with E-state index >= 15 is 0 Å². The number of hydrogen-bond acceptors (Lipinski definition) is 5. The first kappa shape index (κ1) is 20.5. The summed E-state index contributed by atoms with van der Waals surface area (Å²) < 4.78 is 16.7. The normalized spacial score (nSPS) is 12.5. The number of rotatable bonds is 8. The quantitative estimate of drug-likeness (QED) is 0.430. The van der Waals surface area contributed by atoms with E-state index in [0.29, 0.717) is 19.7 Å². The average molecular weight is 418 g/mol. The minimum atomic E-state index is 0.279. The van der Waals surface area contributed by atoms with Gasteiger partial charge in [-0.2, -0.15) is 0 Å². The van der Waals surface area contributed by atoms with Gasteiger partial charge in [0.1, 0.15) is 12.4 Å². The van der Waals surface area contributed by atoms with Crippen molar-refractivity contribution in [3.05, 3.63) is 83.7 Å². The number of aliphatic imine (C=N–C) groups is 1. The molecule has 1 aliphatic rings. The van der Waals surface area contributed by atoms with Gasteiger partial charge in [0.15, 0.2) is 17.5 Å². The van der Waals surface area contributed by atoms with Crippen molar-refractivity contribution in [2.24, 2.45) is 4.99 Å². The number of aromatic nitrogens is 1. The molecule has 0 fully saturated rings. The molecule has 3 aromatic rings. The maximum Gasteiger partial charge on any atom is 0.231 e. The lowest BCUT2D eigenvalue weighted by atomic mass is 10.2. The van der Waals surface area contributed by atoms with Gasteiger partial charge in [-0.3, -0.25) is 4.98 Å². The number of benzene rings is 2. The van der Waals surface area contributed by atoms with E-state index in [1.165, 1.54) is 0 Å². The molecule has 7 nitrogen and oxygen atoms in total. The number of nitrogens with one attached hydrogen (secondary N) is 2. The van der Waals surface area contributed by atoms with Crippen LogP contribution in [0.15, 0.2) is 71.9 Å². The second-order valence-corrected chi connectivity index (χ2v) is 6.99. The Morgan fingerprint density at radius 3 is 2.81 bits per heavy atom. The van der Waals surface area contributed by atoms with Gasteiger partial charge in [-0.15, -0.1) is 0 Å². The lowest BCUT2D eigenvalue weighted by molar-refractivity contribution is 0.174. The standard InChI is InChI=1S/C24H26N4O3/c1-2-25-24(28-15-19-9-10-22-23(13-19)31-17-30-22)27-14-18-6-5-8-21(12-18)29-16-20-7-3-4-11-26-20/h3-13H,2,14-17H2,1H3,(H2,25,27,28). The summed E-state index contributed by atoms with van der Waals surface area (Å²) >= 11 is 0. The monoisotopic (exact) mass is 418 g/mol. The summed E-state index contributed by atoms with van der Waals surface area (Å²) in [6, 6.07) is 19.7. The Bertz CT molecular complexity index is 1020. The first-order valence-electron chi connectivity index (χ1n) is 10.3. The predicted molar refractivity (Wildman–Crippen MR) is 119 cm³/mol. The fourth-order valence-corrected chi connectivity index (χ4v) is 3.12. The first-order valence-corrected chi connectivity index (χ1v) is 10.3. The van der Waals surface area contributed by atoms with Crippen LogP contribution in [0.1, 0.15) is 23.7 Å². The summed E-state index contributed by atoms with van der Waals surface area (Å²) in [6.45, 7) is 4.71. The average Bonchev–Trinajstić information content (AvgIpc) is 3.28. The maximum atomic E-state index is 5.86. The fraction of sp³-hybridized carbons (Fsp3) is 0.250. The van der Waals surface area contributed by atoms with Crippen LogP contribution in [0, 0.1) is 0 Å². The fourth-order valence-electron chi connectivity index (χ4n) is 3.12. The number of fused-ring (bicyclic) bond motifs is 1. The highest BCUT2D eigenvalue weighted by Crippen LogP contribution is 2.32. The lowest BCUT2D eigenvalue weighted by Gasteiger charge is -2.12. The molecule has 0 unspecified atom stereocenters. The second kappa shape index (κ2) is 10.3. The molecule has 1 aromatic heterocycles. The molecular weight excluding hydrogens is 392 g/mol. The third-order valence-electron chi connectivity index (χ3n) is 4.67. The molecule has 0 spiro atoms. The van der Waals surface area contributed by atoms with Crippen LogP contribution >= 0.6 is 0 Å². The maximum absolute atomic E-state index is 5.86. The van der Waals surface area contributed by atoms with Gasteiger partial charge in [0.05, 0.1) is 12.2 Å². The Balaban J connectivity index is 1.34. The van der Waals surface area contributed by atoms with Crippen molar-refractivity contribution in [3.8, 4) is 17.2 Å². The molecule has 0 saturated heterocycles. The number of guanidine groups is 1. The second-order valence-electron chi connectivity index (χ2n) is 6.99. The third kappa shape index (κ3) is 5.88. The van der Waals surface area contributed by atoms with Gasteiger partial charge >= 0.3 is 0 Å². The molecule has 0 amide bonds. The van der Waals surface area contributed by atoms with E-state index < -0.39 is 0 Å². The first-order chi connectivity index (χ1) is 15.3. The number of nitrogens with zero attached hydrogens (tertiary/aromatic N) is 2. The Kier molecular flexibility index (Phi) is 6.85. The van der Waals surface area contributed by atoms with Crippen molar-refractivity contribution in [2.45, 2.75) is 26.6 Å². The molecule has 0 atom stereocenters. The molecular formula is C24H26N4O3. The highest BCUT2D eigenvalue weighted by molar-refractivity contribution is 5.79. The molecule has 4 rings (SSSR count). The number of hydrogen-bond donors (Lipinski definition) is 2. The Morgan fingerprint density at radius 1 is 1.00 bits per heavy atom. The van der Waals surface area contributed by atoms with Gasteiger partial charge in [-0.05, 0) is 54.4 Å². The lowest BCUT2D eigenvalue weighted by Crippen LogP contribution is -2.36. The topological polar surface area (TPSA) is 77.0 Å². The van der Waals surface area contributed by atoms with Gasteiger partial charge < -0.3 is 24.8 Å². The molecule has 0 aliphatic carbocycles. The Morgan fingerprint density at radius 2 is 1.94 bits per heavy atom. The van der Waals surface area contributed by atoms with E-state index in [0.717, 1.165) is 46.6 Å². The van der Waals surface area contributed by atoms with Crippen LogP contribution in [0.25, 0.3) is 0 Å². The number of ether oxygens (including phenoxy) is 3. The molecule has 2 N–H and O–H groups in total. The van der Waals surface area contributed by atoms with Crippen LogP contribution in [-0.2, 0) is 19.7 Å². The molecule has 160 valence electrons. The van der Waals surface area contributed by atoms with E-state index in [-0.39, 0.29) is 6.79 Å². The van der Waals surface area contributed by atoms with Crippen molar-refractivity contribution < 1.29 is 14.2 Å². The minimum Gasteiger partial charge on any atom is -0.487 e. The predicted octanol–water partition coefficient (Wildman–Crippen LogP) is 3.64. The van der Waals surface area contributed by atoms with E-state index in [4.69, 9.17) is 19.2 Å². The van der Waals surface area contributed by atoms with Gasteiger partial charge in [0.2, 0.25) is 6.79 Å². The van der Waals surface area contributed by atoms with Crippen LogP contribution in [0.4, 0.5) is 0 Å². The van der Waals surface area contributed by atoms with Crippen molar-refractivity contribution in [3.63, 3.8) is 0 Å². The smallest absolute Gasteiger partial charge is 0.231 e. The van der Waals surface area contributed by atoms with E-state index in [9.17, 15) is 0 Å². The molecule has 2 heterocycles. The highest BCUT2D eigenvalue weighted by Gasteiger charge is 2.13. The zero-order chi connectivity index (χ0) is 21.3. The van der Waals surface area contributed by atoms with Crippen LogP contribution in [0.3, 0.4) is 0 Å². The summed E-state index contributed by atoms with van der Waals surface area (Å²) in [7, 11) is 0. The molecule has 0 radical (unpaired) electrons. The molecule has 7 heteroatoms. The Hall–Kier alpha value is -3.74. The molecule has 0 bridgehead atoms. The summed E-state index contributed by atoms with van der Waals surface area (Å²) in [4.78, 5) is 8.98. The largest absolute Gasteiger partial charge is 0.487 e. The molecule has 0 saturated carbocycles. The van der Waals surface area contributed by atoms with Crippen molar-refractivity contribution in [2.75, 3.05) is 13.3 Å². The van der Waals surface area contributed by atoms with Gasteiger partial charge in [0.25, 0.3) is 0 Å². The summed E-state index contributed by atoms with van der Waals surface area (Å²) in [5, 5.41) is 6.64. The van der Waals surface area contributed by atoms with Crippen molar-refractivity contribution >= 4 is 5.96 Å². The van der Waals surface area contributed by atoms with Gasteiger partial charge in [0, 0.05) is 19.3 Å². The van der Waals surface area contributed by atoms with Crippen LogP contribution < -0.4 is 24.8 Å². The zero-order valence-corrected chi connectivity index (χ0v) is 17.5. The van der Waals surface area contributed by atoms with Gasteiger partial charge in [-0.1, -0.05) is 24.3 Å². The molecule has 1 aliphatic heterocycles. The molecule has 2 aromatic carbocycles. The summed E-state index contributed by atoms with van der Waals surface area (Å²) in [5.74, 6) is 3.12. The number of pyridine rings is 1. The SMILES string of the molecule is CCNC(=NCc1cccc(OCc2ccccn2)c1)NCc1ccc2c(c1)OCO2. The highest BCUT2D eigenvalue weighted by atomic mass is 16.7. The van der Waals surface area contributed by atoms with Crippen molar-refractivity contribution in [1.82, 2.24) is 15.6 Å². The minimum absolute atomic E-state index is 0.279. The molecule has 31 heavy (non-hydrogen) atoms. The Labute approximate surface area is 182 Å². The third-order valence-corrected chi connectivity index (χ3v) is 4.67. The van der Waals surface area contributed by atoms with E-state index in [1.807, 2.05) is 67.6 Å². The van der Waals surface area contributed by atoms with Crippen molar-refractivity contribution in [1.29, 1.82) is 0 Å². The van der Waals surface area contributed by atoms with E-state index in [1.54, 1.807) is 6.20 Å². The van der Waals surface area contributed by atoms with Crippen LogP contribution in [0.5, 0.6) is 17.2 Å². The van der Waals surface area contributed by atoms with Crippen LogP contribution in [0.2, 0.25) is 0 Å². The summed E-state index contributed by atoms with van der Waals surface area (Å²) in [6.07, 6.45) is 1.77.